The maximum Gasteiger partial charge on any atom is 0.0939 e. The monoisotopic (exact) mass is 282 g/mol. The normalized spacial score (nSPS) is 49.0. The number of hydrogen-bond donors (Lipinski definition) is 2. The first-order valence-electron chi connectivity index (χ1n) is 8.13. The van der Waals surface area contributed by atoms with E-state index in [1.807, 2.05) is 0 Å². The Balaban J connectivity index is 1.47. The molecule has 5 heteroatoms. The average molecular weight is 282 g/mol. The summed E-state index contributed by atoms with van der Waals surface area (Å²) in [4.78, 5) is 0. The van der Waals surface area contributed by atoms with E-state index in [1.165, 1.54) is 19.3 Å². The van der Waals surface area contributed by atoms with Gasteiger partial charge in [0.15, 0.2) is 0 Å². The zero-order valence-electron chi connectivity index (χ0n) is 12.1. The Morgan fingerprint density at radius 3 is 2.80 bits per heavy atom. The molecular formula is C15H26N2O3. The van der Waals surface area contributed by atoms with Gasteiger partial charge in [-0.2, -0.15) is 0 Å². The highest BCUT2D eigenvalue weighted by atomic mass is 16.6. The fraction of sp³-hybridized carbons (Fsp3) is 1.00. The molecule has 4 fully saturated rings. The maximum absolute atomic E-state index is 6.05. The molecule has 3 N–H and O–H groups in total. The van der Waals surface area contributed by atoms with Crippen LogP contribution >= 0.6 is 0 Å². The van der Waals surface area contributed by atoms with E-state index in [1.54, 1.807) is 0 Å². The van der Waals surface area contributed by atoms with Crippen LogP contribution in [-0.2, 0) is 14.2 Å². The Bertz CT molecular complexity index is 359. The van der Waals surface area contributed by atoms with E-state index in [4.69, 9.17) is 20.1 Å². The summed E-state index contributed by atoms with van der Waals surface area (Å²) in [6, 6.07) is 0.367. The topological polar surface area (TPSA) is 65.7 Å². The van der Waals surface area contributed by atoms with Crippen molar-refractivity contribution in [3.63, 3.8) is 0 Å². The van der Waals surface area contributed by atoms with Gasteiger partial charge in [-0.25, -0.2) is 0 Å². The molecule has 4 aliphatic heterocycles. The molecular weight excluding hydrogens is 256 g/mol. The van der Waals surface area contributed by atoms with Gasteiger partial charge in [-0.3, -0.25) is 11.3 Å². The summed E-state index contributed by atoms with van der Waals surface area (Å²) < 4.78 is 17.6. The van der Waals surface area contributed by atoms with E-state index in [2.05, 4.69) is 5.43 Å². The molecule has 114 valence electrons. The standard InChI is InChI=1S/C15H26N2O3/c16-17-14(12-7-11-1-2-13(12)20-11)10-3-5-19-15(8-10)4-6-18-9-15/h10-14,17H,1-9,16H2. The van der Waals surface area contributed by atoms with Gasteiger partial charge >= 0.3 is 0 Å². The van der Waals surface area contributed by atoms with E-state index >= 15 is 0 Å². The summed E-state index contributed by atoms with van der Waals surface area (Å²) in [6.45, 7) is 2.44. The highest BCUT2D eigenvalue weighted by Crippen LogP contribution is 2.45. The number of nitrogens with one attached hydrogen (secondary N) is 1. The van der Waals surface area contributed by atoms with Gasteiger partial charge in [-0.15, -0.1) is 0 Å². The van der Waals surface area contributed by atoms with Crippen LogP contribution in [0.1, 0.15) is 38.5 Å². The molecule has 4 saturated heterocycles. The Kier molecular flexibility index (Phi) is 3.51. The first-order valence-corrected chi connectivity index (χ1v) is 8.13. The minimum Gasteiger partial charge on any atom is -0.378 e. The smallest absolute Gasteiger partial charge is 0.0939 e. The van der Waals surface area contributed by atoms with Crippen LogP contribution in [0.15, 0.2) is 0 Å². The van der Waals surface area contributed by atoms with Crippen LogP contribution in [0.3, 0.4) is 0 Å². The van der Waals surface area contributed by atoms with Gasteiger partial charge in [0.25, 0.3) is 0 Å². The number of nitrogens with two attached hydrogens (primary N) is 1. The van der Waals surface area contributed by atoms with Crippen LogP contribution in [0.25, 0.3) is 0 Å². The average Bonchev–Trinajstić information content (AvgIpc) is 3.17. The lowest BCUT2D eigenvalue weighted by Gasteiger charge is -2.42. The predicted octanol–water partition coefficient (Wildman–Crippen LogP) is 0.971. The van der Waals surface area contributed by atoms with Crippen LogP contribution in [0, 0.1) is 11.8 Å². The number of fused-ring (bicyclic) bond motifs is 2. The molecule has 6 unspecified atom stereocenters. The van der Waals surface area contributed by atoms with Crippen molar-refractivity contribution < 1.29 is 14.2 Å². The molecule has 2 bridgehead atoms. The van der Waals surface area contributed by atoms with Crippen molar-refractivity contribution in [3.8, 4) is 0 Å². The third kappa shape index (κ3) is 2.20. The number of hydrogen-bond acceptors (Lipinski definition) is 5. The number of hydrazine groups is 1. The molecule has 0 amide bonds. The summed E-state index contributed by atoms with van der Waals surface area (Å²) in [5.74, 6) is 7.10. The van der Waals surface area contributed by atoms with Gasteiger partial charge < -0.3 is 14.2 Å². The minimum absolute atomic E-state index is 0.0313. The summed E-state index contributed by atoms with van der Waals surface area (Å²) in [6.07, 6.45) is 7.77. The van der Waals surface area contributed by atoms with Crippen molar-refractivity contribution in [3.05, 3.63) is 0 Å². The Morgan fingerprint density at radius 2 is 2.15 bits per heavy atom. The van der Waals surface area contributed by atoms with Gasteiger partial charge in [0.2, 0.25) is 0 Å². The van der Waals surface area contributed by atoms with Crippen molar-refractivity contribution in [1.29, 1.82) is 0 Å². The van der Waals surface area contributed by atoms with Gasteiger partial charge in [-0.1, -0.05) is 0 Å². The molecule has 0 aromatic carbocycles. The van der Waals surface area contributed by atoms with Crippen LogP contribution < -0.4 is 11.3 Å². The van der Waals surface area contributed by atoms with E-state index in [-0.39, 0.29) is 5.60 Å². The van der Waals surface area contributed by atoms with Crippen LogP contribution in [0.5, 0.6) is 0 Å². The van der Waals surface area contributed by atoms with Gasteiger partial charge in [-0.05, 0) is 38.0 Å². The van der Waals surface area contributed by atoms with Gasteiger partial charge in [0.05, 0.1) is 24.4 Å². The van der Waals surface area contributed by atoms with E-state index in [0.717, 1.165) is 39.1 Å². The second-order valence-electron chi connectivity index (χ2n) is 7.05. The zero-order valence-corrected chi connectivity index (χ0v) is 12.1. The van der Waals surface area contributed by atoms with Gasteiger partial charge in [0.1, 0.15) is 0 Å². The minimum atomic E-state index is -0.0313. The van der Waals surface area contributed by atoms with Crippen molar-refractivity contribution in [2.24, 2.45) is 17.7 Å². The lowest BCUT2D eigenvalue weighted by Crippen LogP contribution is -2.53. The third-order valence-electron chi connectivity index (χ3n) is 5.91. The lowest BCUT2D eigenvalue weighted by molar-refractivity contribution is -0.107. The largest absolute Gasteiger partial charge is 0.378 e. The fourth-order valence-electron chi connectivity index (χ4n) is 4.90. The van der Waals surface area contributed by atoms with Crippen molar-refractivity contribution >= 4 is 0 Å². The summed E-state index contributed by atoms with van der Waals surface area (Å²) in [5, 5.41) is 0. The van der Waals surface area contributed by atoms with Crippen molar-refractivity contribution in [2.75, 3.05) is 19.8 Å². The van der Waals surface area contributed by atoms with Crippen molar-refractivity contribution in [2.45, 2.75) is 62.4 Å². The summed E-state index contributed by atoms with van der Waals surface area (Å²) in [7, 11) is 0. The van der Waals surface area contributed by atoms with E-state index in [0.29, 0.717) is 30.1 Å². The van der Waals surface area contributed by atoms with Crippen LogP contribution in [-0.4, -0.2) is 43.7 Å². The molecule has 0 aromatic rings. The Labute approximate surface area is 120 Å². The van der Waals surface area contributed by atoms with Crippen LogP contribution in [0.4, 0.5) is 0 Å². The maximum atomic E-state index is 6.05. The molecule has 1 spiro atoms. The van der Waals surface area contributed by atoms with E-state index < -0.39 is 0 Å². The molecule has 0 aromatic heterocycles. The molecule has 6 atom stereocenters. The number of rotatable bonds is 3. The summed E-state index contributed by atoms with van der Waals surface area (Å²) in [5.41, 5.74) is 3.10. The highest BCUT2D eigenvalue weighted by molar-refractivity contribution is 5.00. The quantitative estimate of drug-likeness (QED) is 0.596. The fourth-order valence-corrected chi connectivity index (χ4v) is 4.90. The van der Waals surface area contributed by atoms with E-state index in [9.17, 15) is 0 Å². The molecule has 0 saturated carbocycles. The Morgan fingerprint density at radius 1 is 1.20 bits per heavy atom. The third-order valence-corrected chi connectivity index (χ3v) is 5.91. The molecule has 20 heavy (non-hydrogen) atoms. The second-order valence-corrected chi connectivity index (χ2v) is 7.05. The first-order chi connectivity index (χ1) is 9.80. The molecule has 5 nitrogen and oxygen atoms in total. The molecule has 4 rings (SSSR count). The number of ether oxygens (including phenoxy) is 3. The molecule has 4 heterocycles. The zero-order chi connectivity index (χ0) is 13.6. The molecule has 0 aliphatic carbocycles. The SMILES string of the molecule is NNC(C1CCOC2(CCOC2)C1)C1CC2CCC1O2. The molecule has 4 aliphatic rings. The molecule has 0 radical (unpaired) electrons. The lowest BCUT2D eigenvalue weighted by atomic mass is 9.73. The van der Waals surface area contributed by atoms with Crippen molar-refractivity contribution in [1.82, 2.24) is 5.43 Å². The van der Waals surface area contributed by atoms with Gasteiger partial charge in [0, 0.05) is 31.6 Å². The summed E-state index contributed by atoms with van der Waals surface area (Å²) >= 11 is 0. The second kappa shape index (κ2) is 5.21. The predicted molar refractivity (Wildman–Crippen MR) is 74.0 cm³/mol. The Hall–Kier alpha value is -0.200. The first kappa shape index (κ1) is 13.5. The van der Waals surface area contributed by atoms with Crippen LogP contribution in [0.2, 0.25) is 0 Å². The highest BCUT2D eigenvalue weighted by Gasteiger charge is 2.49.